The van der Waals surface area contributed by atoms with E-state index < -0.39 is 0 Å². The van der Waals surface area contributed by atoms with Crippen molar-refractivity contribution in [3.63, 3.8) is 0 Å². The molecule has 4 aromatic heterocycles. The van der Waals surface area contributed by atoms with E-state index in [0.29, 0.717) is 17.5 Å². The van der Waals surface area contributed by atoms with Crippen LogP contribution in [0.15, 0.2) is 162 Å². The molecule has 0 radical (unpaired) electrons. The van der Waals surface area contributed by atoms with Gasteiger partial charge in [-0.1, -0.05) is 103 Å². The van der Waals surface area contributed by atoms with Crippen molar-refractivity contribution in [3.8, 4) is 39.9 Å². The normalized spacial score (nSPS) is 11.9. The van der Waals surface area contributed by atoms with Crippen molar-refractivity contribution in [2.45, 2.75) is 0 Å². The molecule has 11 aromatic rings. The fraction of sp³-hybridized carbons (Fsp3) is 0. The van der Waals surface area contributed by atoms with Gasteiger partial charge >= 0.3 is 0 Å². The van der Waals surface area contributed by atoms with E-state index in [0.717, 1.165) is 55.3 Å². The van der Waals surface area contributed by atoms with Crippen LogP contribution in [0.5, 0.6) is 0 Å². The molecule has 0 spiro atoms. The summed E-state index contributed by atoms with van der Waals surface area (Å²) in [5, 5.41) is 7.17. The van der Waals surface area contributed by atoms with Crippen molar-refractivity contribution >= 4 is 75.3 Å². The highest BCUT2D eigenvalue weighted by molar-refractivity contribution is 7.26. The summed E-state index contributed by atoms with van der Waals surface area (Å²) in [5.41, 5.74) is 7.75. The topological polar surface area (TPSA) is 56.7 Å². The average Bonchev–Trinajstić information content (AvgIpc) is 3.87. The maximum absolute atomic E-state index is 6.15. The van der Waals surface area contributed by atoms with Gasteiger partial charge in [0.15, 0.2) is 17.5 Å². The molecular formula is C45H26N4OS. The Balaban J connectivity index is 1.17. The molecule has 0 fully saturated rings. The van der Waals surface area contributed by atoms with Crippen LogP contribution >= 0.6 is 11.3 Å². The van der Waals surface area contributed by atoms with Gasteiger partial charge in [0, 0.05) is 58.4 Å². The second kappa shape index (κ2) is 10.9. The molecule has 0 aliphatic carbocycles. The SMILES string of the molecule is c1ccc(-c2nc(-c3ccc4oc5ccccc5c4c3)nc(-c3ccccc3-n3c4ccccc4c4c5sc6ccccc6c5ccc43)n2)cc1. The van der Waals surface area contributed by atoms with Gasteiger partial charge in [-0.2, -0.15) is 0 Å². The average molecular weight is 671 g/mol. The van der Waals surface area contributed by atoms with Crippen LogP contribution in [0.1, 0.15) is 0 Å². The van der Waals surface area contributed by atoms with Gasteiger partial charge in [-0.05, 0) is 54.6 Å². The predicted octanol–water partition coefficient (Wildman–Crippen LogP) is 12.2. The Labute approximate surface area is 295 Å². The maximum Gasteiger partial charge on any atom is 0.166 e. The lowest BCUT2D eigenvalue weighted by Crippen LogP contribution is -2.03. The van der Waals surface area contributed by atoms with Gasteiger partial charge in [0.05, 0.1) is 16.7 Å². The molecule has 0 saturated heterocycles. The number of aromatic nitrogens is 4. The first-order chi connectivity index (χ1) is 25.3. The zero-order chi connectivity index (χ0) is 33.5. The summed E-state index contributed by atoms with van der Waals surface area (Å²) < 4.78 is 11.1. The highest BCUT2D eigenvalue weighted by atomic mass is 32.1. The molecule has 0 atom stereocenters. The van der Waals surface area contributed by atoms with Crippen LogP contribution in [0.4, 0.5) is 0 Å². The van der Waals surface area contributed by atoms with Crippen LogP contribution < -0.4 is 0 Å². The first kappa shape index (κ1) is 28.2. The fourth-order valence-corrected chi connectivity index (χ4v) is 8.82. The van der Waals surface area contributed by atoms with Gasteiger partial charge < -0.3 is 8.98 Å². The van der Waals surface area contributed by atoms with Crippen LogP contribution in [-0.4, -0.2) is 19.5 Å². The molecule has 0 aliphatic rings. The Kier molecular flexibility index (Phi) is 6.05. The first-order valence-electron chi connectivity index (χ1n) is 16.9. The highest BCUT2D eigenvalue weighted by Gasteiger charge is 2.21. The number of hydrogen-bond donors (Lipinski definition) is 0. The van der Waals surface area contributed by atoms with Crippen LogP contribution in [0.2, 0.25) is 0 Å². The minimum Gasteiger partial charge on any atom is -0.456 e. The van der Waals surface area contributed by atoms with Crippen molar-refractivity contribution in [3.05, 3.63) is 158 Å². The van der Waals surface area contributed by atoms with Crippen LogP contribution in [0.25, 0.3) is 104 Å². The number of rotatable bonds is 4. The zero-order valence-corrected chi connectivity index (χ0v) is 27.9. The number of hydrogen-bond acceptors (Lipinski definition) is 5. The molecule has 0 N–H and O–H groups in total. The van der Waals surface area contributed by atoms with Gasteiger partial charge in [0.2, 0.25) is 0 Å². The summed E-state index contributed by atoms with van der Waals surface area (Å²) in [4.78, 5) is 15.4. The summed E-state index contributed by atoms with van der Waals surface area (Å²) in [6, 6.07) is 54.8. The lowest BCUT2D eigenvalue weighted by atomic mass is 10.1. The van der Waals surface area contributed by atoms with E-state index in [1.165, 1.54) is 30.9 Å². The lowest BCUT2D eigenvalue weighted by Gasteiger charge is -2.14. The molecule has 11 rings (SSSR count). The number of para-hydroxylation sites is 3. The van der Waals surface area contributed by atoms with Crippen molar-refractivity contribution in [1.82, 2.24) is 19.5 Å². The molecule has 0 unspecified atom stereocenters. The second-order valence-electron chi connectivity index (χ2n) is 12.8. The Morgan fingerprint density at radius 2 is 1.14 bits per heavy atom. The number of fused-ring (bicyclic) bond motifs is 10. The van der Waals surface area contributed by atoms with Crippen LogP contribution in [-0.2, 0) is 0 Å². The molecule has 0 aliphatic heterocycles. The van der Waals surface area contributed by atoms with Gasteiger partial charge in [-0.3, -0.25) is 0 Å². The standard InChI is InChI=1S/C45H26N4OS/c1-2-12-27(13-3-1)43-46-44(28-22-25-39-34(26-28)29-14-6-10-20-38(29)50-39)48-45(47-43)33-17-5-9-19-36(33)49-35-18-8-4-16-32(35)41-37(49)24-23-31-30-15-7-11-21-40(30)51-42(31)41/h1-26H. The number of benzene rings is 7. The number of nitrogens with zero attached hydrogens (tertiary/aromatic N) is 4. The minimum absolute atomic E-state index is 0.607. The van der Waals surface area contributed by atoms with E-state index in [9.17, 15) is 0 Å². The number of thiophene rings is 1. The Hall–Kier alpha value is -6.63. The highest BCUT2D eigenvalue weighted by Crippen LogP contribution is 2.44. The van der Waals surface area contributed by atoms with Crippen molar-refractivity contribution in [2.24, 2.45) is 0 Å². The van der Waals surface area contributed by atoms with Gasteiger partial charge in [-0.15, -0.1) is 11.3 Å². The third-order valence-corrected chi connectivity index (χ3v) is 11.1. The molecule has 5 nitrogen and oxygen atoms in total. The minimum atomic E-state index is 0.607. The molecule has 0 bridgehead atoms. The van der Waals surface area contributed by atoms with Crippen molar-refractivity contribution in [1.29, 1.82) is 0 Å². The summed E-state index contributed by atoms with van der Waals surface area (Å²) in [6.07, 6.45) is 0. The molecule has 4 heterocycles. The van der Waals surface area contributed by atoms with Gasteiger partial charge in [-0.25, -0.2) is 15.0 Å². The molecule has 0 amide bonds. The smallest absolute Gasteiger partial charge is 0.166 e. The largest absolute Gasteiger partial charge is 0.456 e. The fourth-order valence-electron chi connectivity index (χ4n) is 7.56. The van der Waals surface area contributed by atoms with E-state index >= 15 is 0 Å². The van der Waals surface area contributed by atoms with E-state index in [4.69, 9.17) is 19.4 Å². The van der Waals surface area contributed by atoms with E-state index in [1.54, 1.807) is 0 Å². The summed E-state index contributed by atoms with van der Waals surface area (Å²) in [7, 11) is 0. The Bertz CT molecular complexity index is 3150. The summed E-state index contributed by atoms with van der Waals surface area (Å²) >= 11 is 1.86. The van der Waals surface area contributed by atoms with Gasteiger partial charge in [0.25, 0.3) is 0 Å². The predicted molar refractivity (Wildman–Crippen MR) is 211 cm³/mol. The van der Waals surface area contributed by atoms with Crippen molar-refractivity contribution in [2.75, 3.05) is 0 Å². The van der Waals surface area contributed by atoms with Crippen molar-refractivity contribution < 1.29 is 4.42 Å². The molecule has 0 saturated carbocycles. The maximum atomic E-state index is 6.15. The van der Waals surface area contributed by atoms with Crippen LogP contribution in [0.3, 0.4) is 0 Å². The quantitative estimate of drug-likeness (QED) is 0.187. The third-order valence-electron chi connectivity index (χ3n) is 9.87. The Morgan fingerprint density at radius 1 is 0.451 bits per heavy atom. The lowest BCUT2D eigenvalue weighted by molar-refractivity contribution is 0.669. The monoisotopic (exact) mass is 670 g/mol. The van der Waals surface area contributed by atoms with E-state index in [2.05, 4.69) is 102 Å². The summed E-state index contributed by atoms with van der Waals surface area (Å²) in [5.74, 6) is 1.84. The van der Waals surface area contributed by atoms with E-state index in [1.807, 2.05) is 72.0 Å². The Morgan fingerprint density at radius 3 is 2.04 bits per heavy atom. The molecule has 238 valence electrons. The summed E-state index contributed by atoms with van der Waals surface area (Å²) in [6.45, 7) is 0. The molecular weight excluding hydrogens is 645 g/mol. The molecule has 6 heteroatoms. The van der Waals surface area contributed by atoms with E-state index in [-0.39, 0.29) is 0 Å². The van der Waals surface area contributed by atoms with Crippen LogP contribution in [0, 0.1) is 0 Å². The number of furan rings is 1. The first-order valence-corrected chi connectivity index (χ1v) is 17.8. The zero-order valence-electron chi connectivity index (χ0n) is 27.1. The molecule has 7 aromatic carbocycles. The molecule has 51 heavy (non-hydrogen) atoms. The second-order valence-corrected chi connectivity index (χ2v) is 13.8. The third kappa shape index (κ3) is 4.30. The van der Waals surface area contributed by atoms with Gasteiger partial charge in [0.1, 0.15) is 11.2 Å².